The lowest BCUT2D eigenvalue weighted by atomic mass is 10.2. The van der Waals surface area contributed by atoms with Crippen LogP contribution in [0.4, 0.5) is 0 Å². The van der Waals surface area contributed by atoms with Crippen LogP contribution in [0.1, 0.15) is 5.56 Å². The molecule has 0 spiro atoms. The van der Waals surface area contributed by atoms with Crippen molar-refractivity contribution in [1.82, 2.24) is 10.0 Å². The minimum Gasteiger partial charge on any atom is -0.506 e. The summed E-state index contributed by atoms with van der Waals surface area (Å²) in [6, 6.07) is 5.04. The number of para-hydroxylation sites is 1. The van der Waals surface area contributed by atoms with E-state index < -0.39 is 10.0 Å². The highest BCUT2D eigenvalue weighted by molar-refractivity contribution is 7.89. The van der Waals surface area contributed by atoms with E-state index in [9.17, 15) is 13.5 Å². The largest absolute Gasteiger partial charge is 0.506 e. The fourth-order valence-corrected chi connectivity index (χ4v) is 2.05. The second-order valence-electron chi connectivity index (χ2n) is 3.45. The van der Waals surface area contributed by atoms with E-state index in [-0.39, 0.29) is 16.5 Å². The van der Waals surface area contributed by atoms with Gasteiger partial charge in [0.2, 0.25) is 10.0 Å². The van der Waals surface area contributed by atoms with Crippen molar-refractivity contribution in [3.05, 3.63) is 28.8 Å². The zero-order valence-corrected chi connectivity index (χ0v) is 11.0. The Kier molecular flexibility index (Phi) is 5.20. The lowest BCUT2D eigenvalue weighted by Gasteiger charge is -2.07. The van der Waals surface area contributed by atoms with Gasteiger partial charge in [-0.3, -0.25) is 0 Å². The number of benzene rings is 1. The van der Waals surface area contributed by atoms with E-state index in [1.165, 1.54) is 7.05 Å². The summed E-state index contributed by atoms with van der Waals surface area (Å²) in [4.78, 5) is 0. The Morgan fingerprint density at radius 2 is 2.12 bits per heavy atom. The van der Waals surface area contributed by atoms with E-state index in [0.717, 1.165) is 0 Å². The Hall–Kier alpha value is -0.820. The topological polar surface area (TPSA) is 78.4 Å². The molecule has 0 atom stereocenters. The average molecular weight is 279 g/mol. The molecule has 17 heavy (non-hydrogen) atoms. The van der Waals surface area contributed by atoms with Gasteiger partial charge in [0.1, 0.15) is 5.75 Å². The van der Waals surface area contributed by atoms with Crippen LogP contribution in [0.15, 0.2) is 18.2 Å². The molecular formula is C10H15ClN2O3S. The number of rotatable bonds is 6. The third-order valence-corrected chi connectivity index (χ3v) is 3.91. The van der Waals surface area contributed by atoms with Crippen molar-refractivity contribution in [1.29, 1.82) is 0 Å². The summed E-state index contributed by atoms with van der Waals surface area (Å²) in [7, 11) is -1.82. The molecular weight excluding hydrogens is 264 g/mol. The monoisotopic (exact) mass is 278 g/mol. The van der Waals surface area contributed by atoms with Gasteiger partial charge in [0.15, 0.2) is 0 Å². The molecule has 96 valence electrons. The Balaban J connectivity index is 2.44. The SMILES string of the molecule is CNS(=O)(=O)CCNCc1cccc(Cl)c1O. The second kappa shape index (κ2) is 6.20. The number of hydrogen-bond acceptors (Lipinski definition) is 4. The Morgan fingerprint density at radius 3 is 2.76 bits per heavy atom. The minimum absolute atomic E-state index is 0.00910. The first-order valence-electron chi connectivity index (χ1n) is 5.04. The standard InChI is InChI=1S/C10H15ClN2O3S/c1-12-17(15,16)6-5-13-7-8-3-2-4-9(11)10(8)14/h2-4,12-14H,5-7H2,1H3. The molecule has 1 aromatic carbocycles. The number of halogens is 1. The summed E-state index contributed by atoms with van der Waals surface area (Å²) in [6.45, 7) is 0.667. The molecule has 0 aliphatic carbocycles. The van der Waals surface area contributed by atoms with Crippen molar-refractivity contribution in [3.63, 3.8) is 0 Å². The molecule has 0 radical (unpaired) electrons. The molecule has 1 aromatic rings. The molecule has 5 nitrogen and oxygen atoms in total. The minimum atomic E-state index is -3.19. The molecule has 0 bridgehead atoms. The zero-order chi connectivity index (χ0) is 12.9. The van der Waals surface area contributed by atoms with E-state index in [4.69, 9.17) is 11.6 Å². The maximum absolute atomic E-state index is 11.1. The van der Waals surface area contributed by atoms with Gasteiger partial charge in [-0.2, -0.15) is 0 Å². The van der Waals surface area contributed by atoms with Crippen LogP contribution in [-0.2, 0) is 16.6 Å². The Bertz CT molecular complexity index is 476. The first-order chi connectivity index (χ1) is 7.96. The van der Waals surface area contributed by atoms with Crippen LogP contribution in [-0.4, -0.2) is 32.9 Å². The van der Waals surface area contributed by atoms with Crippen molar-refractivity contribution in [2.24, 2.45) is 0 Å². The summed E-state index contributed by atoms with van der Waals surface area (Å²) < 4.78 is 24.4. The number of phenols is 1. The van der Waals surface area contributed by atoms with Gasteiger partial charge in [0.05, 0.1) is 10.8 Å². The average Bonchev–Trinajstić information content (AvgIpc) is 2.30. The smallest absolute Gasteiger partial charge is 0.212 e. The first kappa shape index (κ1) is 14.2. The molecule has 0 saturated heterocycles. The first-order valence-corrected chi connectivity index (χ1v) is 7.07. The molecule has 0 heterocycles. The van der Waals surface area contributed by atoms with Gasteiger partial charge in [0.25, 0.3) is 0 Å². The highest BCUT2D eigenvalue weighted by Crippen LogP contribution is 2.26. The van der Waals surface area contributed by atoms with Crippen molar-refractivity contribution in [3.8, 4) is 5.75 Å². The highest BCUT2D eigenvalue weighted by Gasteiger charge is 2.07. The van der Waals surface area contributed by atoms with Crippen molar-refractivity contribution >= 4 is 21.6 Å². The van der Waals surface area contributed by atoms with Gasteiger partial charge in [-0.05, 0) is 13.1 Å². The van der Waals surface area contributed by atoms with Gasteiger partial charge in [-0.15, -0.1) is 0 Å². The Labute approximate surface area is 106 Å². The summed E-state index contributed by atoms with van der Waals surface area (Å²) in [6.07, 6.45) is 0. The summed E-state index contributed by atoms with van der Waals surface area (Å²) in [5.74, 6) is 0.0170. The van der Waals surface area contributed by atoms with Crippen LogP contribution in [0.2, 0.25) is 5.02 Å². The molecule has 0 saturated carbocycles. The van der Waals surface area contributed by atoms with E-state index in [1.807, 2.05) is 0 Å². The molecule has 0 unspecified atom stereocenters. The summed E-state index contributed by atoms with van der Waals surface area (Å²) in [5, 5.41) is 12.8. The maximum Gasteiger partial charge on any atom is 0.212 e. The van der Waals surface area contributed by atoms with Crippen LogP contribution >= 0.6 is 11.6 Å². The van der Waals surface area contributed by atoms with E-state index in [2.05, 4.69) is 10.0 Å². The van der Waals surface area contributed by atoms with Gasteiger partial charge in [-0.1, -0.05) is 23.7 Å². The lowest BCUT2D eigenvalue weighted by molar-refractivity contribution is 0.465. The number of phenolic OH excluding ortho intramolecular Hbond substituents is 1. The predicted octanol–water partition coefficient (Wildman–Crippen LogP) is 0.684. The van der Waals surface area contributed by atoms with Crippen LogP contribution in [0.5, 0.6) is 5.75 Å². The van der Waals surface area contributed by atoms with E-state index in [1.54, 1.807) is 18.2 Å². The second-order valence-corrected chi connectivity index (χ2v) is 5.90. The predicted molar refractivity (Wildman–Crippen MR) is 67.7 cm³/mol. The number of nitrogens with one attached hydrogen (secondary N) is 2. The van der Waals surface area contributed by atoms with Crippen LogP contribution in [0.25, 0.3) is 0 Å². The van der Waals surface area contributed by atoms with Crippen molar-refractivity contribution in [2.45, 2.75) is 6.54 Å². The van der Waals surface area contributed by atoms with Crippen molar-refractivity contribution in [2.75, 3.05) is 19.3 Å². The molecule has 0 aliphatic heterocycles. The third-order valence-electron chi connectivity index (χ3n) is 2.24. The molecule has 0 amide bonds. The number of aromatic hydroxyl groups is 1. The normalized spacial score (nSPS) is 11.6. The molecule has 1 rings (SSSR count). The van der Waals surface area contributed by atoms with Crippen molar-refractivity contribution < 1.29 is 13.5 Å². The van der Waals surface area contributed by atoms with Gasteiger partial charge in [0, 0.05) is 18.7 Å². The third kappa shape index (κ3) is 4.51. The number of hydrogen-bond donors (Lipinski definition) is 3. The van der Waals surface area contributed by atoms with E-state index in [0.29, 0.717) is 18.7 Å². The summed E-state index contributed by atoms with van der Waals surface area (Å²) >= 11 is 5.74. The molecule has 7 heteroatoms. The highest BCUT2D eigenvalue weighted by atomic mass is 35.5. The maximum atomic E-state index is 11.1. The van der Waals surface area contributed by atoms with Gasteiger partial charge < -0.3 is 10.4 Å². The molecule has 0 aromatic heterocycles. The van der Waals surface area contributed by atoms with E-state index >= 15 is 0 Å². The molecule has 0 aliphatic rings. The molecule has 3 N–H and O–H groups in total. The van der Waals surface area contributed by atoms with Crippen LogP contribution < -0.4 is 10.0 Å². The number of sulfonamides is 1. The quantitative estimate of drug-likeness (QED) is 0.669. The van der Waals surface area contributed by atoms with Gasteiger partial charge in [-0.25, -0.2) is 13.1 Å². The van der Waals surface area contributed by atoms with Gasteiger partial charge >= 0.3 is 0 Å². The Morgan fingerprint density at radius 1 is 1.41 bits per heavy atom. The lowest BCUT2D eigenvalue weighted by Crippen LogP contribution is -2.29. The van der Waals surface area contributed by atoms with Crippen LogP contribution in [0, 0.1) is 0 Å². The fraction of sp³-hybridized carbons (Fsp3) is 0.400. The summed E-state index contributed by atoms with van der Waals surface area (Å²) in [5.41, 5.74) is 0.638. The van der Waals surface area contributed by atoms with Crippen LogP contribution in [0.3, 0.4) is 0 Å². The zero-order valence-electron chi connectivity index (χ0n) is 9.40. The fourth-order valence-electron chi connectivity index (χ4n) is 1.23. The molecule has 0 fully saturated rings.